The summed E-state index contributed by atoms with van der Waals surface area (Å²) in [6.07, 6.45) is 3.18. The third-order valence-electron chi connectivity index (χ3n) is 4.70. The van der Waals surface area contributed by atoms with E-state index in [4.69, 9.17) is 5.73 Å². The second-order valence-corrected chi connectivity index (χ2v) is 5.93. The van der Waals surface area contributed by atoms with Gasteiger partial charge in [0.2, 0.25) is 5.91 Å². The summed E-state index contributed by atoms with van der Waals surface area (Å²) in [7, 11) is 0. The summed E-state index contributed by atoms with van der Waals surface area (Å²) >= 11 is 0. The minimum absolute atomic E-state index is 0.0521. The van der Waals surface area contributed by atoms with Crippen molar-refractivity contribution in [3.8, 4) is 0 Å². The molecule has 1 saturated carbocycles. The molecule has 1 aliphatic heterocycles. The van der Waals surface area contributed by atoms with Crippen LogP contribution in [0.25, 0.3) is 0 Å². The fourth-order valence-corrected chi connectivity index (χ4v) is 3.54. The third kappa shape index (κ3) is 2.42. The number of nitrogens with zero attached hydrogens (tertiary/aromatic N) is 1. The number of hydrogen-bond acceptors (Lipinski definition) is 3. The molecule has 3 unspecified atom stereocenters. The molecule has 5 heteroatoms. The minimum Gasteiger partial charge on any atom is -0.481 e. The maximum atomic E-state index is 12.7. The first kappa shape index (κ1) is 14.1. The predicted octanol–water partition coefficient (Wildman–Crippen LogP) is 1.72. The van der Waals surface area contributed by atoms with Crippen LogP contribution in [0, 0.1) is 5.92 Å². The molecule has 0 radical (unpaired) electrons. The van der Waals surface area contributed by atoms with Crippen LogP contribution in [0.5, 0.6) is 0 Å². The Morgan fingerprint density at radius 3 is 2.62 bits per heavy atom. The molecular weight excluding hydrogens is 268 g/mol. The van der Waals surface area contributed by atoms with E-state index in [2.05, 4.69) is 0 Å². The van der Waals surface area contributed by atoms with Crippen molar-refractivity contribution >= 4 is 17.6 Å². The van der Waals surface area contributed by atoms with Crippen molar-refractivity contribution in [1.82, 2.24) is 0 Å². The summed E-state index contributed by atoms with van der Waals surface area (Å²) in [5.74, 6) is -1.43. The van der Waals surface area contributed by atoms with E-state index in [9.17, 15) is 14.7 Å². The van der Waals surface area contributed by atoms with Crippen molar-refractivity contribution in [3.63, 3.8) is 0 Å². The molecule has 3 atom stereocenters. The van der Waals surface area contributed by atoms with E-state index in [0.29, 0.717) is 13.0 Å². The van der Waals surface area contributed by atoms with Gasteiger partial charge in [-0.2, -0.15) is 0 Å². The molecule has 2 aliphatic rings. The molecule has 112 valence electrons. The number of hydrogen-bond donors (Lipinski definition) is 2. The Kier molecular flexibility index (Phi) is 3.68. The molecule has 0 saturated heterocycles. The zero-order valence-electron chi connectivity index (χ0n) is 11.9. The maximum absolute atomic E-state index is 12.7. The van der Waals surface area contributed by atoms with E-state index in [0.717, 1.165) is 30.5 Å². The van der Waals surface area contributed by atoms with Crippen LogP contribution in [0.2, 0.25) is 0 Å². The van der Waals surface area contributed by atoms with E-state index >= 15 is 0 Å². The molecule has 1 aliphatic carbocycles. The second-order valence-electron chi connectivity index (χ2n) is 5.93. The van der Waals surface area contributed by atoms with E-state index < -0.39 is 11.9 Å². The number of rotatable bonds is 2. The molecule has 1 aromatic carbocycles. The van der Waals surface area contributed by atoms with Gasteiger partial charge in [0, 0.05) is 18.3 Å². The van der Waals surface area contributed by atoms with Crippen LogP contribution in [0.4, 0.5) is 5.69 Å². The summed E-state index contributed by atoms with van der Waals surface area (Å²) in [6.45, 7) is 0.454. The third-order valence-corrected chi connectivity index (χ3v) is 4.70. The van der Waals surface area contributed by atoms with Gasteiger partial charge in [0.25, 0.3) is 0 Å². The average Bonchev–Trinajstić information content (AvgIpc) is 2.91. The van der Waals surface area contributed by atoms with E-state index in [1.807, 2.05) is 24.3 Å². The second kappa shape index (κ2) is 5.48. The number of aliphatic carboxylic acids is 1. The van der Waals surface area contributed by atoms with Gasteiger partial charge in [0.05, 0.1) is 11.8 Å². The lowest BCUT2D eigenvalue weighted by atomic mass is 9.89. The largest absolute Gasteiger partial charge is 0.481 e. The summed E-state index contributed by atoms with van der Waals surface area (Å²) < 4.78 is 0. The van der Waals surface area contributed by atoms with Crippen molar-refractivity contribution < 1.29 is 14.7 Å². The molecule has 1 fully saturated rings. The van der Waals surface area contributed by atoms with Crippen LogP contribution in [-0.4, -0.2) is 29.6 Å². The number of carbonyl (C=O) groups excluding carboxylic acids is 1. The number of nitrogens with two attached hydrogens (primary N) is 1. The molecule has 3 N–H and O–H groups in total. The minimum atomic E-state index is -0.827. The molecule has 1 aromatic rings. The van der Waals surface area contributed by atoms with Crippen molar-refractivity contribution in [2.75, 3.05) is 11.4 Å². The zero-order valence-corrected chi connectivity index (χ0v) is 11.9. The summed E-state index contributed by atoms with van der Waals surface area (Å²) in [6, 6.07) is 7.24. The first-order valence-electron chi connectivity index (χ1n) is 7.48. The quantitative estimate of drug-likeness (QED) is 0.868. The standard InChI is InChI=1S/C16H20N2O3/c17-13-6-3-5-12(13)15(19)18-9-8-11(16(20)21)10-4-1-2-7-14(10)18/h1-2,4,7,11-13H,3,5-6,8-9,17H2,(H,20,21). The lowest BCUT2D eigenvalue weighted by Crippen LogP contribution is -2.45. The highest BCUT2D eigenvalue weighted by atomic mass is 16.4. The van der Waals surface area contributed by atoms with E-state index in [-0.39, 0.29) is 17.9 Å². The van der Waals surface area contributed by atoms with Crippen molar-refractivity contribution in [3.05, 3.63) is 29.8 Å². The van der Waals surface area contributed by atoms with Crippen LogP contribution < -0.4 is 10.6 Å². The highest BCUT2D eigenvalue weighted by Crippen LogP contribution is 2.37. The molecule has 3 rings (SSSR count). The van der Waals surface area contributed by atoms with Crippen LogP contribution >= 0.6 is 0 Å². The molecule has 0 spiro atoms. The Morgan fingerprint density at radius 2 is 1.95 bits per heavy atom. The Bertz CT molecular complexity index is 572. The monoisotopic (exact) mass is 288 g/mol. The summed E-state index contributed by atoms with van der Waals surface area (Å²) in [5.41, 5.74) is 7.51. The van der Waals surface area contributed by atoms with Gasteiger partial charge < -0.3 is 15.7 Å². The number of amides is 1. The van der Waals surface area contributed by atoms with Gasteiger partial charge in [-0.3, -0.25) is 9.59 Å². The fraction of sp³-hybridized carbons (Fsp3) is 0.500. The Labute approximate surface area is 123 Å². The lowest BCUT2D eigenvalue weighted by Gasteiger charge is -2.34. The van der Waals surface area contributed by atoms with Crippen molar-refractivity contribution in [2.45, 2.75) is 37.6 Å². The van der Waals surface area contributed by atoms with Gasteiger partial charge >= 0.3 is 5.97 Å². The summed E-state index contributed by atoms with van der Waals surface area (Å²) in [4.78, 5) is 25.9. The highest BCUT2D eigenvalue weighted by Gasteiger charge is 2.38. The number of benzene rings is 1. The molecule has 0 bridgehead atoms. The molecular formula is C16H20N2O3. The van der Waals surface area contributed by atoms with Crippen LogP contribution in [0.3, 0.4) is 0 Å². The molecule has 1 heterocycles. The van der Waals surface area contributed by atoms with Crippen LogP contribution in [-0.2, 0) is 9.59 Å². The molecule has 21 heavy (non-hydrogen) atoms. The maximum Gasteiger partial charge on any atom is 0.311 e. The smallest absolute Gasteiger partial charge is 0.311 e. The zero-order chi connectivity index (χ0) is 15.0. The number of carboxylic acid groups (broad SMARTS) is 1. The van der Waals surface area contributed by atoms with Crippen LogP contribution in [0.15, 0.2) is 24.3 Å². The van der Waals surface area contributed by atoms with Gasteiger partial charge in [0.15, 0.2) is 0 Å². The average molecular weight is 288 g/mol. The lowest BCUT2D eigenvalue weighted by molar-refractivity contribution is -0.139. The van der Waals surface area contributed by atoms with Crippen molar-refractivity contribution in [2.24, 2.45) is 11.7 Å². The number of anilines is 1. The topological polar surface area (TPSA) is 83.6 Å². The Balaban J connectivity index is 1.92. The highest BCUT2D eigenvalue weighted by molar-refractivity contribution is 5.98. The van der Waals surface area contributed by atoms with E-state index in [1.54, 1.807) is 4.90 Å². The SMILES string of the molecule is NC1CCCC1C(=O)N1CCC(C(=O)O)c2ccccc21. The Hall–Kier alpha value is -1.88. The van der Waals surface area contributed by atoms with E-state index in [1.165, 1.54) is 0 Å². The van der Waals surface area contributed by atoms with Gasteiger partial charge in [-0.1, -0.05) is 24.6 Å². The number of carbonyl (C=O) groups is 2. The van der Waals surface area contributed by atoms with Gasteiger partial charge in [0.1, 0.15) is 0 Å². The first-order valence-corrected chi connectivity index (χ1v) is 7.48. The molecule has 0 aromatic heterocycles. The molecule has 1 amide bonds. The van der Waals surface area contributed by atoms with Crippen molar-refractivity contribution in [1.29, 1.82) is 0 Å². The normalized spacial score (nSPS) is 28.2. The van der Waals surface area contributed by atoms with Gasteiger partial charge in [-0.15, -0.1) is 0 Å². The fourth-order valence-electron chi connectivity index (χ4n) is 3.54. The summed E-state index contributed by atoms with van der Waals surface area (Å²) in [5, 5.41) is 9.34. The first-order chi connectivity index (χ1) is 10.1. The number of fused-ring (bicyclic) bond motifs is 1. The predicted molar refractivity (Wildman–Crippen MR) is 79.1 cm³/mol. The Morgan fingerprint density at radius 1 is 1.19 bits per heavy atom. The number of carboxylic acids is 1. The van der Waals surface area contributed by atoms with Gasteiger partial charge in [-0.25, -0.2) is 0 Å². The van der Waals surface area contributed by atoms with Gasteiger partial charge in [-0.05, 0) is 30.9 Å². The number of para-hydroxylation sites is 1. The van der Waals surface area contributed by atoms with Crippen LogP contribution in [0.1, 0.15) is 37.2 Å². The molecule has 5 nitrogen and oxygen atoms in total.